The number of aromatic hydroxyl groups is 1. The molecular formula is C10H5ClF3NO2. The highest BCUT2D eigenvalue weighted by Gasteiger charge is 2.38. The molecule has 90 valence electrons. The van der Waals surface area contributed by atoms with Crippen molar-refractivity contribution in [2.75, 3.05) is 5.88 Å². The Morgan fingerprint density at radius 3 is 2.47 bits per heavy atom. The third-order valence-corrected chi connectivity index (χ3v) is 2.19. The summed E-state index contributed by atoms with van der Waals surface area (Å²) in [6.07, 6.45) is -4.89. The van der Waals surface area contributed by atoms with Gasteiger partial charge in [-0.1, -0.05) is 0 Å². The van der Waals surface area contributed by atoms with Gasteiger partial charge >= 0.3 is 6.18 Å². The number of nitriles is 1. The lowest BCUT2D eigenvalue weighted by molar-refractivity contribution is -0.139. The Hall–Kier alpha value is -1.74. The van der Waals surface area contributed by atoms with Crippen molar-refractivity contribution >= 4 is 17.4 Å². The molecule has 3 nitrogen and oxygen atoms in total. The van der Waals surface area contributed by atoms with Crippen LogP contribution in [0.2, 0.25) is 0 Å². The van der Waals surface area contributed by atoms with Crippen molar-refractivity contribution in [2.45, 2.75) is 6.18 Å². The zero-order chi connectivity index (χ0) is 13.2. The number of hydrogen-bond acceptors (Lipinski definition) is 3. The van der Waals surface area contributed by atoms with Gasteiger partial charge in [0.2, 0.25) is 0 Å². The number of Topliss-reactive ketones (excluding diaryl/α,β-unsaturated/α-hetero) is 1. The van der Waals surface area contributed by atoms with Crippen LogP contribution in [0.5, 0.6) is 5.75 Å². The van der Waals surface area contributed by atoms with Crippen LogP contribution < -0.4 is 0 Å². The predicted molar refractivity (Wildman–Crippen MR) is 52.9 cm³/mol. The van der Waals surface area contributed by atoms with Gasteiger partial charge in [-0.3, -0.25) is 4.79 Å². The Labute approximate surface area is 99.0 Å². The number of rotatable bonds is 2. The maximum Gasteiger partial charge on any atom is 0.420 e. The van der Waals surface area contributed by atoms with E-state index in [2.05, 4.69) is 0 Å². The number of phenols is 1. The number of ketones is 1. The van der Waals surface area contributed by atoms with Crippen LogP contribution in [0.15, 0.2) is 12.1 Å². The molecule has 1 aromatic carbocycles. The first-order chi connectivity index (χ1) is 7.81. The van der Waals surface area contributed by atoms with Gasteiger partial charge in [-0.05, 0) is 12.1 Å². The average Bonchev–Trinajstić information content (AvgIpc) is 2.24. The molecule has 0 aliphatic heterocycles. The van der Waals surface area contributed by atoms with Crippen molar-refractivity contribution in [3.63, 3.8) is 0 Å². The Balaban J connectivity index is 3.58. The molecule has 0 spiro atoms. The third-order valence-electron chi connectivity index (χ3n) is 1.95. The molecular weight excluding hydrogens is 259 g/mol. The lowest BCUT2D eigenvalue weighted by Crippen LogP contribution is -2.14. The van der Waals surface area contributed by atoms with E-state index in [1.54, 1.807) is 6.07 Å². The Morgan fingerprint density at radius 1 is 1.47 bits per heavy atom. The van der Waals surface area contributed by atoms with Crippen LogP contribution in [0.4, 0.5) is 13.2 Å². The summed E-state index contributed by atoms with van der Waals surface area (Å²) < 4.78 is 37.8. The zero-order valence-electron chi connectivity index (χ0n) is 8.18. The largest absolute Gasteiger partial charge is 0.507 e. The van der Waals surface area contributed by atoms with Gasteiger partial charge in [-0.15, -0.1) is 11.6 Å². The number of alkyl halides is 4. The monoisotopic (exact) mass is 263 g/mol. The summed E-state index contributed by atoms with van der Waals surface area (Å²) in [5.41, 5.74) is -2.52. The van der Waals surface area contributed by atoms with E-state index in [0.29, 0.717) is 6.07 Å². The molecule has 17 heavy (non-hydrogen) atoms. The second-order valence-corrected chi connectivity index (χ2v) is 3.35. The van der Waals surface area contributed by atoms with Gasteiger partial charge in [0.1, 0.15) is 11.3 Å². The molecule has 0 radical (unpaired) electrons. The Bertz CT molecular complexity index is 505. The van der Waals surface area contributed by atoms with Crippen LogP contribution in [-0.2, 0) is 6.18 Å². The predicted octanol–water partition coefficient (Wildman–Crippen LogP) is 2.70. The molecule has 0 fully saturated rings. The van der Waals surface area contributed by atoms with Gasteiger partial charge in [-0.25, -0.2) is 0 Å². The van der Waals surface area contributed by atoms with Gasteiger partial charge < -0.3 is 5.11 Å². The number of benzene rings is 1. The molecule has 0 atom stereocenters. The molecule has 0 unspecified atom stereocenters. The first kappa shape index (κ1) is 13.3. The first-order valence-electron chi connectivity index (χ1n) is 4.24. The second kappa shape index (κ2) is 4.63. The Morgan fingerprint density at radius 2 is 2.06 bits per heavy atom. The number of carbonyl (C=O) groups is 1. The number of nitrogens with zero attached hydrogens (tertiary/aromatic N) is 1. The van der Waals surface area contributed by atoms with Crippen LogP contribution in [0, 0.1) is 11.3 Å². The fourth-order valence-corrected chi connectivity index (χ4v) is 1.43. The van der Waals surface area contributed by atoms with Crippen LogP contribution in [0.3, 0.4) is 0 Å². The summed E-state index contributed by atoms with van der Waals surface area (Å²) in [6, 6.07) is 2.95. The molecule has 1 rings (SSSR count). The van der Waals surface area contributed by atoms with Gasteiger partial charge in [-0.2, -0.15) is 18.4 Å². The quantitative estimate of drug-likeness (QED) is 0.659. The van der Waals surface area contributed by atoms with E-state index < -0.39 is 34.7 Å². The molecule has 0 aromatic heterocycles. The summed E-state index contributed by atoms with van der Waals surface area (Å²) in [4.78, 5) is 11.2. The van der Waals surface area contributed by atoms with E-state index >= 15 is 0 Å². The highest BCUT2D eigenvalue weighted by Crippen LogP contribution is 2.39. The molecule has 0 heterocycles. The van der Waals surface area contributed by atoms with Crippen LogP contribution in [0.1, 0.15) is 21.5 Å². The summed E-state index contributed by atoms with van der Waals surface area (Å²) in [7, 11) is 0. The smallest absolute Gasteiger partial charge is 0.420 e. The number of carbonyl (C=O) groups excluding carboxylic acids is 1. The molecule has 0 aliphatic rings. The summed E-state index contributed by atoms with van der Waals surface area (Å²) >= 11 is 5.18. The second-order valence-electron chi connectivity index (χ2n) is 3.08. The number of halogens is 4. The molecule has 7 heteroatoms. The van der Waals surface area contributed by atoms with Crippen molar-refractivity contribution in [1.29, 1.82) is 5.26 Å². The fourth-order valence-electron chi connectivity index (χ4n) is 1.28. The standard InChI is InChI=1S/C10H5ClF3NO2/c11-3-8(17)6-1-5(4-15)2-7(16)9(6)10(12,13)14/h1-2,16H,3H2. The molecule has 0 aliphatic carbocycles. The van der Waals surface area contributed by atoms with Gasteiger partial charge in [0.05, 0.1) is 17.5 Å². The molecule has 0 amide bonds. The summed E-state index contributed by atoms with van der Waals surface area (Å²) in [5.74, 6) is -2.84. The lowest BCUT2D eigenvalue weighted by atomic mass is 10.00. The SMILES string of the molecule is N#Cc1cc(O)c(C(F)(F)F)c(C(=O)CCl)c1. The first-order valence-corrected chi connectivity index (χ1v) is 4.78. The van der Waals surface area contributed by atoms with E-state index in [0.717, 1.165) is 6.07 Å². The fraction of sp³-hybridized carbons (Fsp3) is 0.200. The molecule has 0 bridgehead atoms. The number of hydrogen-bond donors (Lipinski definition) is 1. The van der Waals surface area contributed by atoms with E-state index in [4.69, 9.17) is 16.9 Å². The van der Waals surface area contributed by atoms with Gasteiger partial charge in [0.25, 0.3) is 0 Å². The number of phenolic OH excluding ortho intramolecular Hbond substituents is 1. The van der Waals surface area contributed by atoms with Crippen molar-refractivity contribution < 1.29 is 23.1 Å². The van der Waals surface area contributed by atoms with E-state index in [1.807, 2.05) is 0 Å². The van der Waals surface area contributed by atoms with Crippen molar-refractivity contribution in [2.24, 2.45) is 0 Å². The molecule has 1 aromatic rings. The molecule has 0 saturated heterocycles. The molecule has 0 saturated carbocycles. The lowest BCUT2D eigenvalue weighted by Gasteiger charge is -2.13. The highest BCUT2D eigenvalue weighted by molar-refractivity contribution is 6.30. The van der Waals surface area contributed by atoms with E-state index in [-0.39, 0.29) is 5.56 Å². The minimum absolute atomic E-state index is 0.246. The minimum atomic E-state index is -4.89. The van der Waals surface area contributed by atoms with Crippen molar-refractivity contribution in [1.82, 2.24) is 0 Å². The minimum Gasteiger partial charge on any atom is -0.507 e. The zero-order valence-corrected chi connectivity index (χ0v) is 8.93. The normalized spacial score (nSPS) is 11.0. The van der Waals surface area contributed by atoms with Crippen molar-refractivity contribution in [3.8, 4) is 11.8 Å². The Kier molecular flexibility index (Phi) is 3.63. The maximum absolute atomic E-state index is 12.6. The highest BCUT2D eigenvalue weighted by atomic mass is 35.5. The molecule has 1 N–H and O–H groups in total. The van der Waals surface area contributed by atoms with Crippen molar-refractivity contribution in [3.05, 3.63) is 28.8 Å². The summed E-state index contributed by atoms with van der Waals surface area (Å²) in [6.45, 7) is 0. The van der Waals surface area contributed by atoms with Crippen LogP contribution in [0.25, 0.3) is 0 Å². The maximum atomic E-state index is 12.6. The third kappa shape index (κ3) is 2.68. The van der Waals surface area contributed by atoms with Crippen LogP contribution >= 0.6 is 11.6 Å². The van der Waals surface area contributed by atoms with Gasteiger partial charge in [0, 0.05) is 5.56 Å². The summed E-state index contributed by atoms with van der Waals surface area (Å²) in [5, 5.41) is 17.8. The van der Waals surface area contributed by atoms with E-state index in [9.17, 15) is 23.1 Å². The van der Waals surface area contributed by atoms with E-state index in [1.165, 1.54) is 0 Å². The average molecular weight is 264 g/mol. The topological polar surface area (TPSA) is 61.1 Å². The van der Waals surface area contributed by atoms with Crippen LogP contribution in [-0.4, -0.2) is 16.8 Å². The van der Waals surface area contributed by atoms with Gasteiger partial charge in [0.15, 0.2) is 5.78 Å².